The molecule has 0 amide bonds. The van der Waals surface area contributed by atoms with E-state index in [1.165, 1.54) is 0 Å². The van der Waals surface area contributed by atoms with E-state index in [9.17, 15) is 14.9 Å². The molecular weight excluding hydrogens is 330 g/mol. The Morgan fingerprint density at radius 2 is 2.13 bits per heavy atom. The number of benzene rings is 1. The van der Waals surface area contributed by atoms with Gasteiger partial charge in [0.15, 0.2) is 5.78 Å². The highest BCUT2D eigenvalue weighted by molar-refractivity contribution is 9.10. The molecule has 1 rings (SSSR count). The van der Waals surface area contributed by atoms with Gasteiger partial charge in [-0.15, -0.1) is 0 Å². The van der Waals surface area contributed by atoms with E-state index in [0.29, 0.717) is 10.0 Å². The van der Waals surface area contributed by atoms with E-state index < -0.39 is 4.92 Å². The lowest BCUT2D eigenvalue weighted by Gasteiger charge is -2.05. The van der Waals surface area contributed by atoms with Gasteiger partial charge in [0.2, 0.25) is 0 Å². The van der Waals surface area contributed by atoms with Crippen LogP contribution in [0.3, 0.4) is 0 Å². The molecule has 15 heavy (non-hydrogen) atoms. The number of nitro groups is 1. The highest BCUT2D eigenvalue weighted by Gasteiger charge is 2.24. The van der Waals surface area contributed by atoms with Crippen LogP contribution >= 0.6 is 31.9 Å². The van der Waals surface area contributed by atoms with Crippen molar-refractivity contribution in [3.05, 3.63) is 37.8 Å². The van der Waals surface area contributed by atoms with E-state index in [0.717, 1.165) is 0 Å². The van der Waals surface area contributed by atoms with Gasteiger partial charge >= 0.3 is 0 Å². The number of hydrogen-bond acceptors (Lipinski definition) is 3. The number of halogens is 2. The Morgan fingerprint density at radius 1 is 1.53 bits per heavy atom. The third-order valence-corrected chi connectivity index (χ3v) is 3.08. The lowest BCUT2D eigenvalue weighted by Crippen LogP contribution is -2.07. The smallest absolute Gasteiger partial charge is 0.284 e. The second-order valence-corrected chi connectivity index (χ2v) is 4.32. The number of hydrogen-bond donors (Lipinski definition) is 0. The first-order valence-corrected chi connectivity index (χ1v) is 5.93. The minimum absolute atomic E-state index is 0.0654. The first-order chi connectivity index (χ1) is 6.99. The van der Waals surface area contributed by atoms with E-state index in [1.54, 1.807) is 19.1 Å². The molecule has 1 aromatic rings. The van der Waals surface area contributed by atoms with Crippen molar-refractivity contribution in [3.63, 3.8) is 0 Å². The number of carbonyl (C=O) groups excluding carboxylic acids is 1. The van der Waals surface area contributed by atoms with Crippen molar-refractivity contribution >= 4 is 43.3 Å². The standard InChI is InChI=1S/C9H7Br2NO3/c1-5-2-3-6(11)8(7(13)4-10)9(5)12(14)15/h2-3H,4H2,1H3. The van der Waals surface area contributed by atoms with Gasteiger partial charge < -0.3 is 0 Å². The zero-order valence-corrected chi connectivity index (χ0v) is 11.0. The summed E-state index contributed by atoms with van der Waals surface area (Å²) in [4.78, 5) is 21.8. The molecule has 0 aliphatic rings. The topological polar surface area (TPSA) is 60.2 Å². The molecule has 0 saturated carbocycles. The molecule has 0 atom stereocenters. The Kier molecular flexibility index (Phi) is 3.98. The van der Waals surface area contributed by atoms with Crippen molar-refractivity contribution in [1.82, 2.24) is 0 Å². The molecule has 6 heteroatoms. The molecule has 0 saturated heterocycles. The number of carbonyl (C=O) groups is 1. The van der Waals surface area contributed by atoms with E-state index >= 15 is 0 Å². The summed E-state index contributed by atoms with van der Waals surface area (Å²) in [5, 5.41) is 10.9. The Morgan fingerprint density at radius 3 is 2.60 bits per heavy atom. The molecule has 4 nitrogen and oxygen atoms in total. The fourth-order valence-electron chi connectivity index (χ4n) is 1.24. The predicted octanol–water partition coefficient (Wildman–Crippen LogP) is 3.24. The van der Waals surface area contributed by atoms with E-state index in [1.807, 2.05) is 0 Å². The highest BCUT2D eigenvalue weighted by atomic mass is 79.9. The van der Waals surface area contributed by atoms with Crippen LogP contribution in [0.2, 0.25) is 0 Å². The molecule has 80 valence electrons. The predicted molar refractivity (Wildman–Crippen MR) is 63.7 cm³/mol. The first-order valence-electron chi connectivity index (χ1n) is 4.01. The molecule has 0 radical (unpaired) electrons. The van der Waals surface area contributed by atoms with Crippen LogP contribution in [0.15, 0.2) is 16.6 Å². The monoisotopic (exact) mass is 335 g/mol. The average molecular weight is 337 g/mol. The quantitative estimate of drug-likeness (QED) is 0.368. The number of nitrogens with zero attached hydrogens (tertiary/aromatic N) is 1. The maximum absolute atomic E-state index is 11.5. The van der Waals surface area contributed by atoms with Crippen LogP contribution in [0.1, 0.15) is 15.9 Å². The largest absolute Gasteiger partial charge is 0.293 e. The Balaban J connectivity index is 3.52. The minimum Gasteiger partial charge on any atom is -0.293 e. The molecule has 0 unspecified atom stereocenters. The zero-order chi connectivity index (χ0) is 11.6. The van der Waals surface area contributed by atoms with Crippen LogP contribution in [0.5, 0.6) is 0 Å². The molecular formula is C9H7Br2NO3. The SMILES string of the molecule is Cc1ccc(Br)c(C(=O)CBr)c1[N+](=O)[O-]. The van der Waals surface area contributed by atoms with Crippen LogP contribution in [0.25, 0.3) is 0 Å². The maximum Gasteiger partial charge on any atom is 0.284 e. The molecule has 0 aliphatic heterocycles. The Hall–Kier alpha value is -0.750. The first kappa shape index (κ1) is 12.3. The summed E-state index contributed by atoms with van der Waals surface area (Å²) in [7, 11) is 0. The van der Waals surface area contributed by atoms with Crippen molar-refractivity contribution in [2.24, 2.45) is 0 Å². The second kappa shape index (κ2) is 4.85. The van der Waals surface area contributed by atoms with E-state index in [4.69, 9.17) is 0 Å². The van der Waals surface area contributed by atoms with Crippen LogP contribution in [0.4, 0.5) is 5.69 Å². The second-order valence-electron chi connectivity index (χ2n) is 2.90. The van der Waals surface area contributed by atoms with Crippen LogP contribution in [-0.4, -0.2) is 16.0 Å². The summed E-state index contributed by atoms with van der Waals surface area (Å²) < 4.78 is 0.448. The Bertz CT molecular complexity index is 432. The molecule has 0 bridgehead atoms. The zero-order valence-electron chi connectivity index (χ0n) is 7.79. The number of ketones is 1. The fourth-order valence-corrected chi connectivity index (χ4v) is 2.06. The molecule has 0 fully saturated rings. The summed E-state index contributed by atoms with van der Waals surface area (Å²) >= 11 is 6.15. The van der Waals surface area contributed by atoms with Gasteiger partial charge in [-0.05, 0) is 28.9 Å². The van der Waals surface area contributed by atoms with Gasteiger partial charge in [0.05, 0.1) is 10.3 Å². The normalized spacial score (nSPS) is 10.1. The molecule has 0 heterocycles. The minimum atomic E-state index is -0.532. The summed E-state index contributed by atoms with van der Waals surface area (Å²) in [6, 6.07) is 3.24. The third kappa shape index (κ3) is 2.43. The summed E-state index contributed by atoms with van der Waals surface area (Å²) in [5.74, 6) is -0.308. The molecule has 1 aromatic carbocycles. The fraction of sp³-hybridized carbons (Fsp3) is 0.222. The van der Waals surface area contributed by atoms with Crippen LogP contribution < -0.4 is 0 Å². The summed E-state index contributed by atoms with van der Waals surface area (Å²) in [6.45, 7) is 1.61. The molecule has 0 aliphatic carbocycles. The summed E-state index contributed by atoms with van der Waals surface area (Å²) in [6.07, 6.45) is 0. The van der Waals surface area contributed by atoms with E-state index in [-0.39, 0.29) is 22.4 Å². The lowest BCUT2D eigenvalue weighted by molar-refractivity contribution is -0.385. The third-order valence-electron chi connectivity index (χ3n) is 1.91. The van der Waals surface area contributed by atoms with Crippen LogP contribution in [0, 0.1) is 17.0 Å². The molecule has 0 aromatic heterocycles. The van der Waals surface area contributed by atoms with Crippen molar-refractivity contribution in [2.45, 2.75) is 6.92 Å². The van der Waals surface area contributed by atoms with Gasteiger partial charge in [0.25, 0.3) is 5.69 Å². The van der Waals surface area contributed by atoms with Gasteiger partial charge in [-0.25, -0.2) is 0 Å². The van der Waals surface area contributed by atoms with Crippen molar-refractivity contribution in [3.8, 4) is 0 Å². The van der Waals surface area contributed by atoms with Crippen molar-refractivity contribution in [1.29, 1.82) is 0 Å². The lowest BCUT2D eigenvalue weighted by atomic mass is 10.1. The number of rotatable bonds is 3. The van der Waals surface area contributed by atoms with Gasteiger partial charge in [0, 0.05) is 10.0 Å². The highest BCUT2D eigenvalue weighted by Crippen LogP contribution is 2.30. The van der Waals surface area contributed by atoms with Gasteiger partial charge in [-0.2, -0.15) is 0 Å². The number of aryl methyl sites for hydroxylation is 1. The summed E-state index contributed by atoms with van der Waals surface area (Å²) in [5.41, 5.74) is 0.471. The number of alkyl halides is 1. The van der Waals surface area contributed by atoms with Crippen molar-refractivity contribution in [2.75, 3.05) is 5.33 Å². The van der Waals surface area contributed by atoms with Gasteiger partial charge in [-0.1, -0.05) is 22.0 Å². The van der Waals surface area contributed by atoms with Crippen LogP contribution in [-0.2, 0) is 0 Å². The average Bonchev–Trinajstić information content (AvgIpc) is 2.19. The molecule has 0 N–H and O–H groups in total. The van der Waals surface area contributed by atoms with Gasteiger partial charge in [-0.3, -0.25) is 14.9 Å². The Labute approximate surface area is 103 Å². The number of Topliss-reactive ketones (excluding diaryl/α,β-unsaturated/α-hetero) is 1. The van der Waals surface area contributed by atoms with E-state index in [2.05, 4.69) is 31.9 Å². The molecule has 0 spiro atoms. The number of nitro benzene ring substituents is 1. The van der Waals surface area contributed by atoms with Crippen molar-refractivity contribution < 1.29 is 9.72 Å². The van der Waals surface area contributed by atoms with Gasteiger partial charge in [0.1, 0.15) is 5.56 Å². The maximum atomic E-state index is 11.5.